The number of nitrogens with one attached hydrogen (secondary N) is 1. The van der Waals surface area contributed by atoms with Gasteiger partial charge in [-0.2, -0.15) is 5.10 Å². The molecule has 4 rings (SSSR count). The lowest BCUT2D eigenvalue weighted by Crippen LogP contribution is -2.06. The molecule has 3 heterocycles. The molecule has 1 N–H and O–H groups in total. The van der Waals surface area contributed by atoms with E-state index in [4.69, 9.17) is 10.1 Å². The van der Waals surface area contributed by atoms with Crippen LogP contribution < -0.4 is 0 Å². The third kappa shape index (κ3) is 4.42. The van der Waals surface area contributed by atoms with Crippen molar-refractivity contribution in [3.63, 3.8) is 0 Å². The number of unbranched alkanes of at least 4 members (excludes halogenated alkanes) is 1. The maximum absolute atomic E-state index is 4.81. The number of rotatable bonds is 9. The minimum Gasteiger partial charge on any atom is -0.252 e. The molecule has 3 aromatic heterocycles. The van der Waals surface area contributed by atoms with Gasteiger partial charge in [0, 0.05) is 31.1 Å². The lowest BCUT2D eigenvalue weighted by Gasteiger charge is -2.08. The Hall–Kier alpha value is -3.42. The average molecular weight is 403 g/mol. The number of hydrogen-bond acceptors (Lipinski definition) is 6. The molecular weight excluding hydrogens is 376 g/mol. The smallest absolute Gasteiger partial charge is 0.198 e. The molecule has 8 nitrogen and oxygen atoms in total. The highest BCUT2D eigenvalue weighted by Crippen LogP contribution is 2.28. The summed E-state index contributed by atoms with van der Waals surface area (Å²) in [5, 5.41) is 18.8. The van der Waals surface area contributed by atoms with Gasteiger partial charge in [-0.3, -0.25) is 4.98 Å². The monoisotopic (exact) mass is 402 g/mol. The minimum absolute atomic E-state index is 0.557. The van der Waals surface area contributed by atoms with Crippen molar-refractivity contribution in [3.05, 3.63) is 59.8 Å². The van der Waals surface area contributed by atoms with E-state index in [9.17, 15) is 0 Å². The Balaban J connectivity index is 1.56. The van der Waals surface area contributed by atoms with Crippen LogP contribution in [0.15, 0.2) is 42.6 Å². The van der Waals surface area contributed by atoms with E-state index in [2.05, 4.69) is 68.4 Å². The van der Waals surface area contributed by atoms with Crippen LogP contribution in [0.5, 0.6) is 0 Å². The SMILES string of the molecule is CCCCc1nc(Cc2ccc(-c3cccnc3-c3nnn[nH]3)cc2)n(CCC)n1. The first kappa shape index (κ1) is 19.9. The number of aromatic nitrogens is 8. The molecule has 0 saturated heterocycles. The average Bonchev–Trinajstić information content (AvgIpc) is 3.44. The van der Waals surface area contributed by atoms with Crippen LogP contribution >= 0.6 is 0 Å². The van der Waals surface area contributed by atoms with Gasteiger partial charge < -0.3 is 0 Å². The molecule has 30 heavy (non-hydrogen) atoms. The van der Waals surface area contributed by atoms with Crippen molar-refractivity contribution in [1.29, 1.82) is 0 Å². The van der Waals surface area contributed by atoms with Gasteiger partial charge in [0.1, 0.15) is 11.5 Å². The number of benzene rings is 1. The van der Waals surface area contributed by atoms with Crippen molar-refractivity contribution in [2.45, 2.75) is 52.5 Å². The van der Waals surface area contributed by atoms with Crippen LogP contribution in [0.3, 0.4) is 0 Å². The number of aromatic amines is 1. The standard InChI is InChI=1S/C22H26N8/c1-3-5-8-19-24-20(30(27-19)14-4-2)15-16-9-11-17(12-10-16)18-7-6-13-23-21(18)22-25-28-29-26-22/h6-7,9-13H,3-5,8,14-15H2,1-2H3,(H,25,26,28,29). The molecule has 0 fully saturated rings. The molecule has 0 unspecified atom stereocenters. The molecule has 0 aliphatic heterocycles. The van der Waals surface area contributed by atoms with Crippen molar-refractivity contribution in [1.82, 2.24) is 40.4 Å². The number of tetrazole rings is 1. The molecule has 154 valence electrons. The number of H-pyrrole nitrogens is 1. The summed E-state index contributed by atoms with van der Waals surface area (Å²) in [5.74, 6) is 2.55. The molecule has 0 aliphatic carbocycles. The van der Waals surface area contributed by atoms with Crippen molar-refractivity contribution in [2.24, 2.45) is 0 Å². The van der Waals surface area contributed by atoms with Crippen LogP contribution in [0.2, 0.25) is 0 Å². The van der Waals surface area contributed by atoms with Crippen LogP contribution in [0.1, 0.15) is 50.3 Å². The number of hydrogen-bond donors (Lipinski definition) is 1. The number of aryl methyl sites for hydroxylation is 2. The second kappa shape index (κ2) is 9.39. The predicted octanol–water partition coefficient (Wildman–Crippen LogP) is 3.86. The summed E-state index contributed by atoms with van der Waals surface area (Å²) >= 11 is 0. The highest BCUT2D eigenvalue weighted by Gasteiger charge is 2.13. The maximum atomic E-state index is 4.81. The summed E-state index contributed by atoms with van der Waals surface area (Å²) in [6, 6.07) is 12.4. The molecule has 1 aromatic carbocycles. The van der Waals surface area contributed by atoms with Gasteiger partial charge in [0.15, 0.2) is 11.6 Å². The third-order valence-corrected chi connectivity index (χ3v) is 4.99. The lowest BCUT2D eigenvalue weighted by atomic mass is 10.0. The van der Waals surface area contributed by atoms with E-state index in [1.54, 1.807) is 6.20 Å². The van der Waals surface area contributed by atoms with Gasteiger partial charge in [-0.15, -0.1) is 5.10 Å². The van der Waals surface area contributed by atoms with E-state index in [1.807, 2.05) is 12.1 Å². The van der Waals surface area contributed by atoms with Gasteiger partial charge in [-0.05, 0) is 40.5 Å². The Labute approximate surface area is 175 Å². The number of pyridine rings is 1. The summed E-state index contributed by atoms with van der Waals surface area (Å²) in [4.78, 5) is 9.26. The van der Waals surface area contributed by atoms with Crippen molar-refractivity contribution in [2.75, 3.05) is 0 Å². The van der Waals surface area contributed by atoms with Crippen molar-refractivity contribution >= 4 is 0 Å². The molecule has 8 heteroatoms. The second-order valence-corrected chi connectivity index (χ2v) is 7.29. The van der Waals surface area contributed by atoms with E-state index in [-0.39, 0.29) is 0 Å². The van der Waals surface area contributed by atoms with Gasteiger partial charge in [0.2, 0.25) is 0 Å². The summed E-state index contributed by atoms with van der Waals surface area (Å²) in [7, 11) is 0. The zero-order valence-electron chi connectivity index (χ0n) is 17.4. The first-order chi connectivity index (χ1) is 14.8. The van der Waals surface area contributed by atoms with Crippen LogP contribution in [0.25, 0.3) is 22.6 Å². The van der Waals surface area contributed by atoms with Crippen molar-refractivity contribution in [3.8, 4) is 22.6 Å². The first-order valence-corrected chi connectivity index (χ1v) is 10.5. The van der Waals surface area contributed by atoms with E-state index >= 15 is 0 Å². The highest BCUT2D eigenvalue weighted by atomic mass is 15.5. The second-order valence-electron chi connectivity index (χ2n) is 7.29. The van der Waals surface area contributed by atoms with Gasteiger partial charge in [-0.1, -0.05) is 50.6 Å². The van der Waals surface area contributed by atoms with E-state index < -0.39 is 0 Å². The molecule has 0 saturated carbocycles. The molecule has 0 radical (unpaired) electrons. The molecule has 0 atom stereocenters. The lowest BCUT2D eigenvalue weighted by molar-refractivity contribution is 0.569. The van der Waals surface area contributed by atoms with Gasteiger partial charge in [-0.25, -0.2) is 14.8 Å². The number of nitrogens with zero attached hydrogens (tertiary/aromatic N) is 7. The zero-order valence-corrected chi connectivity index (χ0v) is 17.4. The molecule has 0 amide bonds. The van der Waals surface area contributed by atoms with Crippen molar-refractivity contribution < 1.29 is 0 Å². The van der Waals surface area contributed by atoms with Crippen LogP contribution in [-0.2, 0) is 19.4 Å². The summed E-state index contributed by atoms with van der Waals surface area (Å²) in [5.41, 5.74) is 3.99. The maximum Gasteiger partial charge on any atom is 0.198 e. The van der Waals surface area contributed by atoms with Gasteiger partial charge in [0.25, 0.3) is 0 Å². The van der Waals surface area contributed by atoms with Crippen LogP contribution in [-0.4, -0.2) is 40.4 Å². The van der Waals surface area contributed by atoms with Gasteiger partial charge >= 0.3 is 0 Å². The highest BCUT2D eigenvalue weighted by molar-refractivity contribution is 5.77. The van der Waals surface area contributed by atoms with E-state index in [0.717, 1.165) is 67.1 Å². The van der Waals surface area contributed by atoms with E-state index in [1.165, 1.54) is 5.56 Å². The molecule has 4 aromatic rings. The molecule has 0 aliphatic rings. The van der Waals surface area contributed by atoms with Crippen LogP contribution in [0.4, 0.5) is 0 Å². The zero-order chi connectivity index (χ0) is 20.8. The molecule has 0 spiro atoms. The van der Waals surface area contributed by atoms with E-state index in [0.29, 0.717) is 5.82 Å². The quantitative estimate of drug-likeness (QED) is 0.456. The van der Waals surface area contributed by atoms with Crippen LogP contribution in [0, 0.1) is 0 Å². The third-order valence-electron chi connectivity index (χ3n) is 4.99. The first-order valence-electron chi connectivity index (χ1n) is 10.5. The topological polar surface area (TPSA) is 98.1 Å². The largest absolute Gasteiger partial charge is 0.252 e. The molecule has 0 bridgehead atoms. The summed E-state index contributed by atoms with van der Waals surface area (Å²) < 4.78 is 2.06. The predicted molar refractivity (Wildman–Crippen MR) is 115 cm³/mol. The Kier molecular flexibility index (Phi) is 6.22. The Morgan fingerprint density at radius 3 is 2.63 bits per heavy atom. The Morgan fingerprint density at radius 1 is 1.03 bits per heavy atom. The van der Waals surface area contributed by atoms with Gasteiger partial charge in [0.05, 0.1) is 0 Å². The minimum atomic E-state index is 0.557. The summed E-state index contributed by atoms with van der Waals surface area (Å²) in [6.45, 7) is 5.26. The Bertz CT molecular complexity index is 1070. The summed E-state index contributed by atoms with van der Waals surface area (Å²) in [6.07, 6.45) is 6.78. The fourth-order valence-electron chi connectivity index (χ4n) is 3.46. The normalized spacial score (nSPS) is 11.1. The fourth-order valence-corrected chi connectivity index (χ4v) is 3.46. The fraction of sp³-hybridized carbons (Fsp3) is 0.364. The molecular formula is C22H26N8. The Morgan fingerprint density at radius 2 is 1.90 bits per heavy atom.